The molecule has 1 atom stereocenters. The largest absolute Gasteiger partial charge is 0.451 e. The van der Waals surface area contributed by atoms with Crippen molar-refractivity contribution < 1.29 is 14.3 Å². The number of benzene rings is 1. The zero-order valence-electron chi connectivity index (χ0n) is 12.6. The van der Waals surface area contributed by atoms with Crippen molar-refractivity contribution in [2.75, 3.05) is 12.3 Å². The van der Waals surface area contributed by atoms with Crippen LogP contribution in [-0.4, -0.2) is 28.5 Å². The summed E-state index contributed by atoms with van der Waals surface area (Å²) < 4.78 is 4.87. The number of halogens is 2. The number of carbonyl (C=O) groups excluding carboxylic acids is 2. The molecule has 1 amide bonds. The van der Waals surface area contributed by atoms with Gasteiger partial charge in [0.25, 0.3) is 5.91 Å². The zero-order valence-corrected chi connectivity index (χ0v) is 14.1. The van der Waals surface area contributed by atoms with E-state index >= 15 is 0 Å². The normalized spacial score (nSPS) is 11.6. The highest BCUT2D eigenvalue weighted by Gasteiger charge is 2.17. The number of aromatic nitrogens is 2. The van der Waals surface area contributed by atoms with Gasteiger partial charge in [0.05, 0.1) is 6.04 Å². The van der Waals surface area contributed by atoms with Crippen LogP contribution < -0.4 is 11.1 Å². The van der Waals surface area contributed by atoms with Crippen molar-refractivity contribution in [2.24, 2.45) is 0 Å². The summed E-state index contributed by atoms with van der Waals surface area (Å²) in [5, 5.41) is 3.60. The van der Waals surface area contributed by atoms with Gasteiger partial charge in [0.15, 0.2) is 18.1 Å². The minimum atomic E-state index is -0.826. The quantitative estimate of drug-likeness (QED) is 0.784. The second-order valence-electron chi connectivity index (χ2n) is 4.82. The van der Waals surface area contributed by atoms with Crippen molar-refractivity contribution >= 4 is 40.9 Å². The Kier molecular flexibility index (Phi) is 5.94. The number of anilines is 1. The minimum absolute atomic E-state index is 0.0655. The topological polar surface area (TPSA) is 107 Å². The van der Waals surface area contributed by atoms with Gasteiger partial charge >= 0.3 is 5.97 Å². The van der Waals surface area contributed by atoms with E-state index in [1.807, 2.05) is 0 Å². The number of rotatable bonds is 5. The predicted molar refractivity (Wildman–Crippen MR) is 89.7 cm³/mol. The van der Waals surface area contributed by atoms with Crippen LogP contribution in [0.3, 0.4) is 0 Å². The number of nitrogens with one attached hydrogen (secondary N) is 1. The number of nitrogen functional groups attached to an aromatic ring is 1. The predicted octanol–water partition coefficient (Wildman–Crippen LogP) is 2.40. The Morgan fingerprint density at radius 3 is 2.67 bits per heavy atom. The highest BCUT2D eigenvalue weighted by molar-refractivity contribution is 6.35. The number of nitrogens with zero attached hydrogens (tertiary/aromatic N) is 2. The van der Waals surface area contributed by atoms with E-state index < -0.39 is 18.5 Å². The summed E-state index contributed by atoms with van der Waals surface area (Å²) in [7, 11) is 0. The molecule has 1 aromatic heterocycles. The lowest BCUT2D eigenvalue weighted by Crippen LogP contribution is -2.31. The van der Waals surface area contributed by atoms with Crippen molar-refractivity contribution in [3.8, 4) is 0 Å². The van der Waals surface area contributed by atoms with E-state index in [1.54, 1.807) is 25.1 Å². The van der Waals surface area contributed by atoms with Crippen LogP contribution in [-0.2, 0) is 9.53 Å². The van der Waals surface area contributed by atoms with Crippen LogP contribution in [0, 0.1) is 0 Å². The Morgan fingerprint density at radius 2 is 2.00 bits per heavy atom. The van der Waals surface area contributed by atoms with Crippen molar-refractivity contribution in [2.45, 2.75) is 13.0 Å². The van der Waals surface area contributed by atoms with Gasteiger partial charge in [-0.2, -0.15) is 0 Å². The van der Waals surface area contributed by atoms with Gasteiger partial charge in [-0.15, -0.1) is 0 Å². The van der Waals surface area contributed by atoms with Crippen molar-refractivity contribution in [3.63, 3.8) is 0 Å². The Labute approximate surface area is 148 Å². The lowest BCUT2D eigenvalue weighted by molar-refractivity contribution is -0.124. The summed E-state index contributed by atoms with van der Waals surface area (Å²) in [6, 6.07) is 4.57. The Hall–Kier alpha value is -2.38. The highest BCUT2D eigenvalue weighted by Crippen LogP contribution is 2.25. The van der Waals surface area contributed by atoms with E-state index in [2.05, 4.69) is 15.3 Å². The van der Waals surface area contributed by atoms with E-state index in [-0.39, 0.29) is 17.6 Å². The van der Waals surface area contributed by atoms with Crippen LogP contribution in [0.2, 0.25) is 10.0 Å². The molecule has 3 N–H and O–H groups in total. The van der Waals surface area contributed by atoms with E-state index in [9.17, 15) is 9.59 Å². The van der Waals surface area contributed by atoms with Gasteiger partial charge in [-0.3, -0.25) is 4.79 Å². The fourth-order valence-electron chi connectivity index (χ4n) is 1.92. The van der Waals surface area contributed by atoms with E-state index in [4.69, 9.17) is 33.7 Å². The molecule has 7 nitrogen and oxygen atoms in total. The molecule has 0 aliphatic carbocycles. The van der Waals surface area contributed by atoms with Crippen LogP contribution in [0.25, 0.3) is 0 Å². The molecule has 0 bridgehead atoms. The first-order valence-electron chi connectivity index (χ1n) is 6.86. The van der Waals surface area contributed by atoms with Gasteiger partial charge in [0, 0.05) is 22.4 Å². The summed E-state index contributed by atoms with van der Waals surface area (Å²) in [5.41, 5.74) is 6.07. The fourth-order valence-corrected chi connectivity index (χ4v) is 2.49. The Morgan fingerprint density at radius 1 is 1.29 bits per heavy atom. The number of hydrogen-bond acceptors (Lipinski definition) is 6. The standard InChI is InChI=1S/C15H14Cl2N4O3/c1-8(10-3-2-9(16)6-11(10)17)21-12(22)7-24-15(23)13-14(18)20-5-4-19-13/h2-6,8H,7H2,1H3,(H2,18,20)(H,21,22)/t8-/m0/s1. The number of amides is 1. The fraction of sp³-hybridized carbons (Fsp3) is 0.200. The summed E-state index contributed by atoms with van der Waals surface area (Å²) in [6.45, 7) is 1.26. The smallest absolute Gasteiger partial charge is 0.361 e. The molecule has 1 aromatic carbocycles. The summed E-state index contributed by atoms with van der Waals surface area (Å²) in [4.78, 5) is 31.2. The molecule has 2 aromatic rings. The molecule has 24 heavy (non-hydrogen) atoms. The Balaban J connectivity index is 1.91. The lowest BCUT2D eigenvalue weighted by atomic mass is 10.1. The number of hydrogen-bond donors (Lipinski definition) is 2. The van der Waals surface area contributed by atoms with E-state index in [0.717, 1.165) is 0 Å². The molecule has 126 valence electrons. The first-order valence-corrected chi connectivity index (χ1v) is 7.62. The van der Waals surface area contributed by atoms with Crippen LogP contribution >= 0.6 is 23.2 Å². The summed E-state index contributed by atoms with van der Waals surface area (Å²) in [6.07, 6.45) is 2.65. The summed E-state index contributed by atoms with van der Waals surface area (Å²) in [5.74, 6) is -1.39. The second kappa shape index (κ2) is 7.94. The summed E-state index contributed by atoms with van der Waals surface area (Å²) >= 11 is 11.9. The number of esters is 1. The van der Waals surface area contributed by atoms with Gasteiger partial charge in [0.1, 0.15) is 0 Å². The first kappa shape index (κ1) is 18.0. The number of ether oxygens (including phenoxy) is 1. The molecule has 0 unspecified atom stereocenters. The highest BCUT2D eigenvalue weighted by atomic mass is 35.5. The van der Waals surface area contributed by atoms with Crippen LogP contribution in [0.4, 0.5) is 5.82 Å². The Bertz CT molecular complexity index is 770. The maximum Gasteiger partial charge on any atom is 0.361 e. The van der Waals surface area contributed by atoms with Crippen molar-refractivity contribution in [3.05, 3.63) is 51.9 Å². The van der Waals surface area contributed by atoms with Crippen molar-refractivity contribution in [1.82, 2.24) is 15.3 Å². The van der Waals surface area contributed by atoms with E-state index in [0.29, 0.717) is 15.6 Å². The molecular weight excluding hydrogens is 355 g/mol. The third kappa shape index (κ3) is 4.56. The molecule has 9 heteroatoms. The van der Waals surface area contributed by atoms with Crippen LogP contribution in [0.15, 0.2) is 30.6 Å². The maximum atomic E-state index is 11.9. The molecular formula is C15H14Cl2N4O3. The third-order valence-electron chi connectivity index (χ3n) is 3.06. The molecule has 0 aliphatic heterocycles. The zero-order chi connectivity index (χ0) is 17.7. The second-order valence-corrected chi connectivity index (χ2v) is 5.66. The molecule has 0 saturated heterocycles. The van der Waals surface area contributed by atoms with Gasteiger partial charge in [-0.05, 0) is 24.6 Å². The molecule has 2 rings (SSSR count). The van der Waals surface area contributed by atoms with Crippen LogP contribution in [0.5, 0.6) is 0 Å². The van der Waals surface area contributed by atoms with E-state index in [1.165, 1.54) is 12.4 Å². The molecule has 0 spiro atoms. The van der Waals surface area contributed by atoms with Crippen molar-refractivity contribution in [1.29, 1.82) is 0 Å². The number of nitrogens with two attached hydrogens (primary N) is 1. The number of carbonyl (C=O) groups is 2. The monoisotopic (exact) mass is 368 g/mol. The average Bonchev–Trinajstić information content (AvgIpc) is 2.52. The average molecular weight is 369 g/mol. The molecule has 1 heterocycles. The van der Waals surface area contributed by atoms with Gasteiger partial charge in [0.2, 0.25) is 0 Å². The van der Waals surface area contributed by atoms with Gasteiger partial charge in [-0.25, -0.2) is 14.8 Å². The minimum Gasteiger partial charge on any atom is -0.451 e. The van der Waals surface area contributed by atoms with Gasteiger partial charge < -0.3 is 15.8 Å². The third-order valence-corrected chi connectivity index (χ3v) is 3.62. The lowest BCUT2D eigenvalue weighted by Gasteiger charge is -2.16. The van der Waals surface area contributed by atoms with Crippen LogP contribution in [0.1, 0.15) is 29.0 Å². The molecule has 0 aliphatic rings. The first-order chi connectivity index (χ1) is 11.4. The van der Waals surface area contributed by atoms with Gasteiger partial charge in [-0.1, -0.05) is 29.3 Å². The molecule has 0 radical (unpaired) electrons. The molecule has 0 saturated carbocycles. The SMILES string of the molecule is C[C@H](NC(=O)COC(=O)c1nccnc1N)c1ccc(Cl)cc1Cl. The molecule has 0 fully saturated rings. The maximum absolute atomic E-state index is 11.9.